The second-order valence-electron chi connectivity index (χ2n) is 6.37. The normalized spacial score (nSPS) is 10.7. The van der Waals surface area contributed by atoms with Crippen molar-refractivity contribution >= 4 is 34.5 Å². The zero-order valence-electron chi connectivity index (χ0n) is 15.7. The predicted molar refractivity (Wildman–Crippen MR) is 115 cm³/mol. The van der Waals surface area contributed by atoms with Gasteiger partial charge in [-0.25, -0.2) is 0 Å². The Labute approximate surface area is 181 Å². The van der Waals surface area contributed by atoms with Crippen LogP contribution < -0.4 is 10.1 Å². The molecule has 0 atom stereocenters. The summed E-state index contributed by atoms with van der Waals surface area (Å²) in [5.41, 5.74) is 2.43. The first-order valence-electron chi connectivity index (χ1n) is 9.13. The largest absolute Gasteiger partial charge is 0.487 e. The van der Waals surface area contributed by atoms with Crippen LogP contribution in [-0.2, 0) is 17.8 Å². The molecule has 152 valence electrons. The summed E-state index contributed by atoms with van der Waals surface area (Å²) in [5.74, 6) is 1.31. The van der Waals surface area contributed by atoms with E-state index in [1.54, 1.807) is 41.9 Å². The van der Waals surface area contributed by atoms with Gasteiger partial charge in [0, 0.05) is 47.4 Å². The van der Waals surface area contributed by atoms with Crippen molar-refractivity contribution in [3.63, 3.8) is 0 Å². The number of amides is 1. The lowest BCUT2D eigenvalue weighted by molar-refractivity contribution is -0.116. The zero-order chi connectivity index (χ0) is 20.8. The SMILES string of the molecule is O=C(CCc1nc(-c2ccsc2)no1)Nc1ccc(OCc2cccnc2)c(Cl)c1. The number of ether oxygens (including phenoxy) is 1. The predicted octanol–water partition coefficient (Wildman–Crippen LogP) is 5.00. The molecule has 1 aromatic carbocycles. The highest BCUT2D eigenvalue weighted by molar-refractivity contribution is 7.08. The Hall–Kier alpha value is -3.23. The Morgan fingerprint density at radius 2 is 2.20 bits per heavy atom. The maximum absolute atomic E-state index is 12.2. The van der Waals surface area contributed by atoms with E-state index in [1.807, 2.05) is 29.0 Å². The van der Waals surface area contributed by atoms with Gasteiger partial charge in [-0.05, 0) is 35.7 Å². The number of benzene rings is 1. The van der Waals surface area contributed by atoms with E-state index >= 15 is 0 Å². The van der Waals surface area contributed by atoms with Gasteiger partial charge < -0.3 is 14.6 Å². The summed E-state index contributed by atoms with van der Waals surface area (Å²) in [6, 6.07) is 10.8. The number of halogens is 1. The summed E-state index contributed by atoms with van der Waals surface area (Å²) in [4.78, 5) is 20.6. The number of thiophene rings is 1. The Morgan fingerprint density at radius 3 is 2.97 bits per heavy atom. The highest BCUT2D eigenvalue weighted by Crippen LogP contribution is 2.28. The van der Waals surface area contributed by atoms with E-state index in [0.29, 0.717) is 41.2 Å². The Morgan fingerprint density at radius 1 is 1.27 bits per heavy atom. The van der Waals surface area contributed by atoms with Crippen LogP contribution in [-0.4, -0.2) is 21.0 Å². The molecule has 0 fully saturated rings. The Kier molecular flexibility index (Phi) is 6.36. The average Bonchev–Trinajstić information content (AvgIpc) is 3.44. The molecule has 0 saturated carbocycles. The number of aryl methyl sites for hydroxylation is 1. The third-order valence-corrected chi connectivity index (χ3v) is 5.12. The highest BCUT2D eigenvalue weighted by Gasteiger charge is 2.12. The van der Waals surface area contributed by atoms with Crippen molar-refractivity contribution in [2.24, 2.45) is 0 Å². The second-order valence-corrected chi connectivity index (χ2v) is 7.55. The zero-order valence-corrected chi connectivity index (χ0v) is 17.3. The molecule has 0 aliphatic carbocycles. The number of anilines is 1. The lowest BCUT2D eigenvalue weighted by atomic mass is 10.2. The number of hydrogen-bond acceptors (Lipinski definition) is 7. The fourth-order valence-electron chi connectivity index (χ4n) is 2.65. The van der Waals surface area contributed by atoms with E-state index < -0.39 is 0 Å². The summed E-state index contributed by atoms with van der Waals surface area (Å²) in [6.45, 7) is 0.358. The van der Waals surface area contributed by atoms with E-state index in [-0.39, 0.29) is 12.3 Å². The minimum Gasteiger partial charge on any atom is -0.487 e. The van der Waals surface area contributed by atoms with Crippen LogP contribution in [0, 0.1) is 0 Å². The molecule has 0 aliphatic rings. The maximum atomic E-state index is 12.2. The molecule has 3 heterocycles. The summed E-state index contributed by atoms with van der Waals surface area (Å²) >= 11 is 7.84. The number of pyridine rings is 1. The topological polar surface area (TPSA) is 90.1 Å². The van der Waals surface area contributed by atoms with E-state index in [9.17, 15) is 4.79 Å². The van der Waals surface area contributed by atoms with Gasteiger partial charge in [0.15, 0.2) is 0 Å². The number of nitrogens with zero attached hydrogens (tertiary/aromatic N) is 3. The van der Waals surface area contributed by atoms with Crippen molar-refractivity contribution in [1.82, 2.24) is 15.1 Å². The molecule has 4 rings (SSSR count). The van der Waals surface area contributed by atoms with Crippen LogP contribution in [0.25, 0.3) is 11.4 Å². The van der Waals surface area contributed by atoms with Gasteiger partial charge >= 0.3 is 0 Å². The van der Waals surface area contributed by atoms with Crippen LogP contribution in [0.4, 0.5) is 5.69 Å². The van der Waals surface area contributed by atoms with Crippen molar-refractivity contribution in [2.75, 3.05) is 5.32 Å². The molecular formula is C21H17ClN4O3S. The highest BCUT2D eigenvalue weighted by atomic mass is 35.5. The van der Waals surface area contributed by atoms with Gasteiger partial charge in [-0.3, -0.25) is 9.78 Å². The lowest BCUT2D eigenvalue weighted by Crippen LogP contribution is -2.12. The average molecular weight is 441 g/mol. The van der Waals surface area contributed by atoms with Gasteiger partial charge in [0.05, 0.1) is 5.02 Å². The third-order valence-electron chi connectivity index (χ3n) is 4.15. The Balaban J connectivity index is 1.28. The number of aromatic nitrogens is 3. The van der Waals surface area contributed by atoms with Gasteiger partial charge in [0.1, 0.15) is 12.4 Å². The van der Waals surface area contributed by atoms with E-state index in [4.69, 9.17) is 20.9 Å². The van der Waals surface area contributed by atoms with Crippen molar-refractivity contribution < 1.29 is 14.1 Å². The number of nitrogens with one attached hydrogen (secondary N) is 1. The minimum atomic E-state index is -0.176. The van der Waals surface area contributed by atoms with E-state index in [1.165, 1.54) is 0 Å². The Bertz CT molecular complexity index is 1120. The first-order chi connectivity index (χ1) is 14.7. The molecule has 0 radical (unpaired) electrons. The molecule has 9 heteroatoms. The number of carbonyl (C=O) groups is 1. The molecule has 1 amide bonds. The molecule has 3 aromatic heterocycles. The second kappa shape index (κ2) is 9.51. The number of rotatable bonds is 8. The molecule has 0 bridgehead atoms. The van der Waals surface area contributed by atoms with Crippen molar-refractivity contribution in [3.05, 3.63) is 76.0 Å². The lowest BCUT2D eigenvalue weighted by Gasteiger charge is -2.10. The van der Waals surface area contributed by atoms with E-state index in [0.717, 1.165) is 11.1 Å². The monoisotopic (exact) mass is 440 g/mol. The minimum absolute atomic E-state index is 0.176. The molecule has 30 heavy (non-hydrogen) atoms. The smallest absolute Gasteiger partial charge is 0.227 e. The summed E-state index contributed by atoms with van der Waals surface area (Å²) in [7, 11) is 0. The van der Waals surface area contributed by atoms with Crippen LogP contribution in [0.15, 0.2) is 64.1 Å². The van der Waals surface area contributed by atoms with Gasteiger partial charge in [-0.15, -0.1) is 0 Å². The molecule has 7 nitrogen and oxygen atoms in total. The first kappa shape index (κ1) is 20.1. The molecule has 0 spiro atoms. The molecule has 0 unspecified atom stereocenters. The van der Waals surface area contributed by atoms with Gasteiger partial charge in [0.2, 0.25) is 17.6 Å². The van der Waals surface area contributed by atoms with Crippen LogP contribution >= 0.6 is 22.9 Å². The molecule has 0 aliphatic heterocycles. The molecule has 1 N–H and O–H groups in total. The van der Waals surface area contributed by atoms with Gasteiger partial charge in [0.25, 0.3) is 0 Å². The fourth-order valence-corrected chi connectivity index (χ4v) is 3.52. The number of carbonyl (C=O) groups excluding carboxylic acids is 1. The van der Waals surface area contributed by atoms with E-state index in [2.05, 4.69) is 20.4 Å². The van der Waals surface area contributed by atoms with Crippen molar-refractivity contribution in [2.45, 2.75) is 19.4 Å². The summed E-state index contributed by atoms with van der Waals surface area (Å²) in [5, 5.41) is 11.0. The van der Waals surface area contributed by atoms with Crippen molar-refractivity contribution in [1.29, 1.82) is 0 Å². The summed E-state index contributed by atoms with van der Waals surface area (Å²) in [6.07, 6.45) is 4.00. The standard InChI is InChI=1S/C21H17ClN4O3S/c22-17-10-16(3-4-18(17)28-12-14-2-1-8-23-11-14)24-19(27)5-6-20-25-21(26-29-20)15-7-9-30-13-15/h1-4,7-11,13H,5-6,12H2,(H,24,27). The van der Waals surface area contributed by atoms with Gasteiger partial charge in [-0.2, -0.15) is 16.3 Å². The van der Waals surface area contributed by atoms with Crippen molar-refractivity contribution in [3.8, 4) is 17.1 Å². The maximum Gasteiger partial charge on any atom is 0.227 e. The van der Waals surface area contributed by atoms with Crippen LogP contribution in [0.3, 0.4) is 0 Å². The fraction of sp³-hybridized carbons (Fsp3) is 0.143. The molecule has 0 saturated heterocycles. The van der Waals surface area contributed by atoms with Gasteiger partial charge in [-0.1, -0.05) is 22.8 Å². The van der Waals surface area contributed by atoms with Crippen LogP contribution in [0.2, 0.25) is 5.02 Å². The molecular weight excluding hydrogens is 424 g/mol. The van der Waals surface area contributed by atoms with Crippen LogP contribution in [0.5, 0.6) is 5.75 Å². The summed E-state index contributed by atoms with van der Waals surface area (Å²) < 4.78 is 10.9. The third kappa shape index (κ3) is 5.22. The first-order valence-corrected chi connectivity index (χ1v) is 10.5. The molecule has 4 aromatic rings. The van der Waals surface area contributed by atoms with Crippen LogP contribution in [0.1, 0.15) is 17.9 Å². The number of hydrogen-bond donors (Lipinski definition) is 1. The quantitative estimate of drug-likeness (QED) is 0.414.